The molecule has 0 aromatic heterocycles. The molecule has 1 aromatic carbocycles. The maximum atomic E-state index is 12.4. The summed E-state index contributed by atoms with van der Waals surface area (Å²) in [6, 6.07) is 4.72. The second-order valence-corrected chi connectivity index (χ2v) is 6.66. The molecule has 0 atom stereocenters. The lowest BCUT2D eigenvalue weighted by Crippen LogP contribution is -2.38. The summed E-state index contributed by atoms with van der Waals surface area (Å²) < 4.78 is 5.42. The van der Waals surface area contributed by atoms with E-state index in [1.54, 1.807) is 26.2 Å². The second-order valence-electron chi connectivity index (χ2n) is 4.98. The Morgan fingerprint density at radius 2 is 2.17 bits per heavy atom. The molecule has 8 heteroatoms. The van der Waals surface area contributed by atoms with Crippen molar-refractivity contribution < 1.29 is 19.4 Å². The van der Waals surface area contributed by atoms with E-state index < -0.39 is 0 Å². The fourth-order valence-corrected chi connectivity index (χ4v) is 3.08. The first-order chi connectivity index (χ1) is 10.8. The van der Waals surface area contributed by atoms with Crippen LogP contribution >= 0.6 is 24.0 Å². The van der Waals surface area contributed by atoms with Crippen LogP contribution in [-0.4, -0.2) is 58.8 Å². The number of benzene rings is 1. The maximum Gasteiger partial charge on any atom is 0.266 e. The first kappa shape index (κ1) is 17.3. The fraction of sp³-hybridized carbons (Fsp3) is 0.267. The predicted octanol–water partition coefficient (Wildman–Crippen LogP) is 1.69. The number of hydrogen-bond donors (Lipinski definition) is 1. The molecule has 1 saturated heterocycles. The average Bonchev–Trinajstić information content (AvgIpc) is 2.76. The fourth-order valence-electron chi connectivity index (χ4n) is 1.83. The molecule has 0 aliphatic carbocycles. The van der Waals surface area contributed by atoms with Crippen LogP contribution in [0.4, 0.5) is 0 Å². The quantitative estimate of drug-likeness (QED) is 0.657. The zero-order valence-electron chi connectivity index (χ0n) is 12.9. The Morgan fingerprint density at radius 3 is 2.78 bits per heavy atom. The SMILES string of the molecule is COc1ccc(O)c(/C=C2\SC(=S)N(CC(=O)N(C)C)C2=O)c1. The third-order valence-electron chi connectivity index (χ3n) is 3.19. The minimum atomic E-state index is -0.350. The van der Waals surface area contributed by atoms with Gasteiger partial charge in [0.15, 0.2) is 0 Å². The number of nitrogens with zero attached hydrogens (tertiary/aromatic N) is 2. The Morgan fingerprint density at radius 1 is 1.48 bits per heavy atom. The van der Waals surface area contributed by atoms with E-state index >= 15 is 0 Å². The van der Waals surface area contributed by atoms with Gasteiger partial charge in [0.1, 0.15) is 22.4 Å². The largest absolute Gasteiger partial charge is 0.507 e. The number of carbonyl (C=O) groups excluding carboxylic acids is 2. The number of phenolic OH excluding ortho intramolecular Hbond substituents is 1. The van der Waals surface area contributed by atoms with Gasteiger partial charge in [0.25, 0.3) is 5.91 Å². The van der Waals surface area contributed by atoms with E-state index in [-0.39, 0.29) is 24.1 Å². The van der Waals surface area contributed by atoms with Crippen molar-refractivity contribution in [2.24, 2.45) is 0 Å². The number of carbonyl (C=O) groups is 2. The van der Waals surface area contributed by atoms with Crippen molar-refractivity contribution in [1.29, 1.82) is 0 Å². The molecule has 2 amide bonds. The van der Waals surface area contributed by atoms with Crippen LogP contribution in [0.15, 0.2) is 23.1 Å². The second kappa shape index (κ2) is 7.01. The van der Waals surface area contributed by atoms with E-state index in [2.05, 4.69) is 0 Å². The monoisotopic (exact) mass is 352 g/mol. The third kappa shape index (κ3) is 3.83. The molecule has 0 spiro atoms. The summed E-state index contributed by atoms with van der Waals surface area (Å²) in [5, 5.41) is 9.90. The molecule has 0 bridgehead atoms. The number of amides is 2. The summed E-state index contributed by atoms with van der Waals surface area (Å²) in [5.74, 6) is 0.0250. The number of hydrogen-bond acceptors (Lipinski definition) is 6. The Hall–Kier alpha value is -2.06. The smallest absolute Gasteiger partial charge is 0.266 e. The molecule has 1 heterocycles. The van der Waals surface area contributed by atoms with Gasteiger partial charge >= 0.3 is 0 Å². The van der Waals surface area contributed by atoms with E-state index in [1.807, 2.05) is 0 Å². The maximum absolute atomic E-state index is 12.4. The van der Waals surface area contributed by atoms with Crippen LogP contribution in [0.2, 0.25) is 0 Å². The van der Waals surface area contributed by atoms with Gasteiger partial charge in [-0.3, -0.25) is 14.5 Å². The summed E-state index contributed by atoms with van der Waals surface area (Å²) in [7, 11) is 4.75. The molecular weight excluding hydrogens is 336 g/mol. The van der Waals surface area contributed by atoms with Crippen LogP contribution < -0.4 is 4.74 Å². The highest BCUT2D eigenvalue weighted by Crippen LogP contribution is 2.34. The highest BCUT2D eigenvalue weighted by Gasteiger charge is 2.33. The van der Waals surface area contributed by atoms with Crippen LogP contribution in [0.25, 0.3) is 6.08 Å². The van der Waals surface area contributed by atoms with Gasteiger partial charge in [-0.25, -0.2) is 0 Å². The van der Waals surface area contributed by atoms with Crippen molar-refractivity contribution in [3.05, 3.63) is 28.7 Å². The number of thioether (sulfide) groups is 1. The molecule has 0 radical (unpaired) electrons. The summed E-state index contributed by atoms with van der Waals surface area (Å²) >= 11 is 6.27. The molecule has 0 unspecified atom stereocenters. The normalized spacial score (nSPS) is 16.1. The van der Waals surface area contributed by atoms with Gasteiger partial charge < -0.3 is 14.7 Å². The van der Waals surface area contributed by atoms with E-state index in [0.29, 0.717) is 20.5 Å². The lowest BCUT2D eigenvalue weighted by Gasteiger charge is -2.17. The Balaban J connectivity index is 2.27. The highest BCUT2D eigenvalue weighted by atomic mass is 32.2. The van der Waals surface area contributed by atoms with E-state index in [1.165, 1.54) is 29.1 Å². The Bertz CT molecular complexity index is 701. The third-order valence-corrected chi connectivity index (χ3v) is 4.56. The Kier molecular flexibility index (Phi) is 5.27. The van der Waals surface area contributed by atoms with Gasteiger partial charge in [0.2, 0.25) is 5.91 Å². The molecule has 1 N–H and O–H groups in total. The number of thiocarbonyl (C=S) groups is 1. The van der Waals surface area contributed by atoms with Crippen molar-refractivity contribution in [3.8, 4) is 11.5 Å². The average molecular weight is 352 g/mol. The van der Waals surface area contributed by atoms with Crippen LogP contribution in [-0.2, 0) is 9.59 Å². The van der Waals surface area contributed by atoms with Crippen LogP contribution in [0.5, 0.6) is 11.5 Å². The zero-order valence-corrected chi connectivity index (χ0v) is 14.5. The minimum Gasteiger partial charge on any atom is -0.507 e. The molecule has 1 aliphatic heterocycles. The van der Waals surface area contributed by atoms with Crippen molar-refractivity contribution in [2.45, 2.75) is 0 Å². The molecule has 122 valence electrons. The first-order valence-corrected chi connectivity index (χ1v) is 7.88. The zero-order chi connectivity index (χ0) is 17.1. The number of rotatable bonds is 4. The van der Waals surface area contributed by atoms with Crippen molar-refractivity contribution in [2.75, 3.05) is 27.7 Å². The number of aromatic hydroxyl groups is 1. The number of methoxy groups -OCH3 is 1. The van der Waals surface area contributed by atoms with E-state index in [9.17, 15) is 14.7 Å². The molecule has 1 fully saturated rings. The van der Waals surface area contributed by atoms with Crippen molar-refractivity contribution in [1.82, 2.24) is 9.80 Å². The van der Waals surface area contributed by atoms with Gasteiger partial charge in [0.05, 0.1) is 12.0 Å². The summed E-state index contributed by atoms with van der Waals surface area (Å²) in [5.41, 5.74) is 0.448. The summed E-state index contributed by atoms with van der Waals surface area (Å²) in [4.78, 5) is 27.2. The number of likely N-dealkylation sites (N-methyl/N-ethyl adjacent to an activating group) is 1. The standard InChI is InChI=1S/C15H16N2O4S2/c1-16(2)13(19)8-17-14(20)12(23-15(17)22)7-9-6-10(21-3)4-5-11(9)18/h4-7,18H,8H2,1-3H3/b12-7-. The lowest BCUT2D eigenvalue weighted by molar-refractivity contribution is -0.133. The van der Waals surface area contributed by atoms with Gasteiger partial charge in [-0.05, 0) is 24.3 Å². The lowest BCUT2D eigenvalue weighted by atomic mass is 10.1. The van der Waals surface area contributed by atoms with E-state index in [4.69, 9.17) is 17.0 Å². The molecular formula is C15H16N2O4S2. The highest BCUT2D eigenvalue weighted by molar-refractivity contribution is 8.26. The van der Waals surface area contributed by atoms with Crippen LogP contribution in [0.1, 0.15) is 5.56 Å². The van der Waals surface area contributed by atoms with Crippen molar-refractivity contribution >= 4 is 46.2 Å². The van der Waals surface area contributed by atoms with Gasteiger partial charge in [-0.15, -0.1) is 0 Å². The predicted molar refractivity (Wildman–Crippen MR) is 93.2 cm³/mol. The number of phenols is 1. The summed E-state index contributed by atoms with van der Waals surface area (Å²) in [6.07, 6.45) is 1.54. The van der Waals surface area contributed by atoms with E-state index in [0.717, 1.165) is 11.8 Å². The molecule has 2 rings (SSSR count). The van der Waals surface area contributed by atoms with Gasteiger partial charge in [0, 0.05) is 19.7 Å². The molecule has 6 nitrogen and oxygen atoms in total. The number of ether oxygens (including phenoxy) is 1. The van der Waals surface area contributed by atoms with Crippen LogP contribution in [0, 0.1) is 0 Å². The van der Waals surface area contributed by atoms with Crippen molar-refractivity contribution in [3.63, 3.8) is 0 Å². The molecule has 1 aromatic rings. The summed E-state index contributed by atoms with van der Waals surface area (Å²) in [6.45, 7) is -0.0981. The molecule has 1 aliphatic rings. The first-order valence-electron chi connectivity index (χ1n) is 6.66. The van der Waals surface area contributed by atoms with Gasteiger partial charge in [-0.2, -0.15) is 0 Å². The van der Waals surface area contributed by atoms with Gasteiger partial charge in [-0.1, -0.05) is 24.0 Å². The van der Waals surface area contributed by atoms with Crippen LogP contribution in [0.3, 0.4) is 0 Å². The minimum absolute atomic E-state index is 0.0282. The Labute approximate surface area is 143 Å². The topological polar surface area (TPSA) is 70.1 Å². The molecule has 23 heavy (non-hydrogen) atoms. The molecule has 0 saturated carbocycles.